The third-order valence-electron chi connectivity index (χ3n) is 4.44. The summed E-state index contributed by atoms with van der Waals surface area (Å²) in [6.45, 7) is 1.03. The molecule has 0 unspecified atom stereocenters. The first-order chi connectivity index (χ1) is 9.91. The highest BCUT2D eigenvalue weighted by atomic mass is 15.0. The average molecular weight is 258 g/mol. The quantitative estimate of drug-likeness (QED) is 0.654. The van der Waals surface area contributed by atoms with Crippen LogP contribution in [0.3, 0.4) is 0 Å². The second-order valence-electron chi connectivity index (χ2n) is 5.39. The van der Waals surface area contributed by atoms with Crippen molar-refractivity contribution in [2.45, 2.75) is 18.4 Å². The number of fused-ring (bicyclic) bond motifs is 1. The molecule has 0 spiro atoms. The summed E-state index contributed by atoms with van der Waals surface area (Å²) in [5.74, 6) is 0. The molecule has 0 atom stereocenters. The molecule has 0 saturated heterocycles. The highest BCUT2D eigenvalue weighted by molar-refractivity contribution is 5.50. The molecule has 97 valence electrons. The molecule has 0 aliphatic carbocycles. The Morgan fingerprint density at radius 3 is 2.00 bits per heavy atom. The number of aromatic nitrogens is 1. The molecule has 1 aromatic heterocycles. The molecule has 1 nitrogen and oxygen atoms in total. The largest absolute Gasteiger partial charge is 0.342 e. The van der Waals surface area contributed by atoms with Gasteiger partial charge in [-0.25, -0.2) is 0 Å². The van der Waals surface area contributed by atoms with Crippen molar-refractivity contribution < 1.29 is 0 Å². The summed E-state index contributed by atoms with van der Waals surface area (Å²) in [5.41, 5.74) is 4.08. The highest BCUT2D eigenvalue weighted by Gasteiger charge is 2.41. The van der Waals surface area contributed by atoms with Crippen LogP contribution >= 0.6 is 0 Å². The molecule has 0 fully saturated rings. The Bertz CT molecular complexity index is 670. The zero-order chi connectivity index (χ0) is 13.4. The lowest BCUT2D eigenvalue weighted by atomic mass is 9.71. The molecule has 1 aliphatic heterocycles. The fraction of sp³-hybridized carbons (Fsp3) is 0.158. The average Bonchev–Trinajstić information content (AvgIpc) is 3.11. The number of aryl methyl sites for hydroxylation is 1. The summed E-state index contributed by atoms with van der Waals surface area (Å²) in [7, 11) is 0. The molecule has 4 rings (SSSR count). The van der Waals surface area contributed by atoms with Gasteiger partial charge in [-0.2, -0.15) is 0 Å². The van der Waals surface area contributed by atoms with E-state index >= 15 is 0 Å². The van der Waals surface area contributed by atoms with E-state index in [0.29, 0.717) is 0 Å². The van der Waals surface area contributed by atoms with Gasteiger partial charge in [0, 0.05) is 12.2 Å². The number of hydrogen-bond acceptors (Lipinski definition) is 0. The minimum atomic E-state index is -0.0253. The summed E-state index contributed by atoms with van der Waals surface area (Å²) < 4.78 is 2.26. The van der Waals surface area contributed by atoms with Crippen molar-refractivity contribution in [1.82, 2.24) is 4.57 Å². The Balaban J connectivity index is 2.01. The van der Waals surface area contributed by atoms with E-state index in [0.717, 1.165) is 13.0 Å². The Morgan fingerprint density at radius 1 is 0.800 bits per heavy atom. The van der Waals surface area contributed by atoms with Crippen LogP contribution in [-0.2, 0) is 12.0 Å². The topological polar surface area (TPSA) is 4.93 Å². The normalized spacial score (nSPS) is 16.0. The number of benzene rings is 2. The summed E-state index contributed by atoms with van der Waals surface area (Å²) in [5, 5.41) is 0. The van der Waals surface area contributed by atoms with E-state index in [1.54, 1.807) is 0 Å². The maximum atomic E-state index is 3.33. The van der Waals surface area contributed by atoms with Gasteiger partial charge in [-0.15, -0.1) is 0 Å². The molecule has 3 aromatic rings. The lowest BCUT2D eigenvalue weighted by Crippen LogP contribution is -2.26. The van der Waals surface area contributed by atoms with Gasteiger partial charge in [-0.1, -0.05) is 60.7 Å². The third-order valence-corrected chi connectivity index (χ3v) is 4.44. The van der Waals surface area contributed by atoms with Gasteiger partial charge < -0.3 is 4.57 Å². The SMILES string of the molecule is [c]1ccc2n1CCC2(c1ccccc1)c1ccccc1. The van der Waals surface area contributed by atoms with Gasteiger partial charge in [-0.05, 0) is 29.7 Å². The van der Waals surface area contributed by atoms with Crippen LogP contribution in [0.5, 0.6) is 0 Å². The van der Waals surface area contributed by atoms with E-state index in [1.807, 2.05) is 6.07 Å². The maximum Gasteiger partial charge on any atom is 0.0650 e. The van der Waals surface area contributed by atoms with E-state index in [2.05, 4.69) is 77.5 Å². The lowest BCUT2D eigenvalue weighted by molar-refractivity contribution is 0.602. The van der Waals surface area contributed by atoms with Gasteiger partial charge in [-0.3, -0.25) is 0 Å². The Kier molecular flexibility index (Phi) is 2.53. The van der Waals surface area contributed by atoms with Crippen LogP contribution in [0, 0.1) is 6.20 Å². The minimum Gasteiger partial charge on any atom is -0.342 e. The monoisotopic (exact) mass is 258 g/mol. The van der Waals surface area contributed by atoms with Gasteiger partial charge in [0.1, 0.15) is 0 Å². The van der Waals surface area contributed by atoms with Crippen LogP contribution in [-0.4, -0.2) is 4.57 Å². The smallest absolute Gasteiger partial charge is 0.0650 e. The fourth-order valence-corrected chi connectivity index (χ4v) is 3.53. The molecule has 0 amide bonds. The summed E-state index contributed by atoms with van der Waals surface area (Å²) in [4.78, 5) is 0. The summed E-state index contributed by atoms with van der Waals surface area (Å²) in [6, 6.07) is 25.9. The van der Waals surface area contributed by atoms with Crippen LogP contribution in [0.15, 0.2) is 72.8 Å². The third kappa shape index (κ3) is 1.50. The molecule has 1 radical (unpaired) electrons. The molecule has 1 heteroatoms. The van der Waals surface area contributed by atoms with Crippen molar-refractivity contribution in [3.05, 3.63) is 95.8 Å². The van der Waals surface area contributed by atoms with Gasteiger partial charge in [0.05, 0.1) is 11.6 Å². The van der Waals surface area contributed by atoms with E-state index < -0.39 is 0 Å². The van der Waals surface area contributed by atoms with Crippen molar-refractivity contribution in [1.29, 1.82) is 0 Å². The van der Waals surface area contributed by atoms with E-state index in [-0.39, 0.29) is 5.41 Å². The predicted octanol–water partition coefficient (Wildman–Crippen LogP) is 4.03. The number of nitrogens with zero attached hydrogens (tertiary/aromatic N) is 1. The van der Waals surface area contributed by atoms with Crippen molar-refractivity contribution in [3.8, 4) is 0 Å². The van der Waals surface area contributed by atoms with Crippen LogP contribution < -0.4 is 0 Å². The molecule has 0 saturated carbocycles. The van der Waals surface area contributed by atoms with E-state index in [4.69, 9.17) is 0 Å². The molecule has 1 aliphatic rings. The second kappa shape index (κ2) is 4.38. The van der Waals surface area contributed by atoms with Gasteiger partial charge in [0.2, 0.25) is 0 Å². The Hall–Kier alpha value is -2.28. The van der Waals surface area contributed by atoms with Crippen LogP contribution in [0.25, 0.3) is 0 Å². The van der Waals surface area contributed by atoms with Crippen molar-refractivity contribution in [2.24, 2.45) is 0 Å². The molecule has 0 N–H and O–H groups in total. The van der Waals surface area contributed by atoms with Crippen LogP contribution in [0.1, 0.15) is 23.2 Å². The first-order valence-electron chi connectivity index (χ1n) is 7.10. The summed E-state index contributed by atoms with van der Waals surface area (Å²) >= 11 is 0. The predicted molar refractivity (Wildman–Crippen MR) is 80.7 cm³/mol. The molecule has 2 aromatic carbocycles. The maximum absolute atomic E-state index is 3.33. The molecule has 20 heavy (non-hydrogen) atoms. The number of rotatable bonds is 2. The number of hydrogen-bond donors (Lipinski definition) is 0. The Morgan fingerprint density at radius 2 is 1.40 bits per heavy atom. The molecule has 0 bridgehead atoms. The van der Waals surface area contributed by atoms with Gasteiger partial charge in [0.15, 0.2) is 0 Å². The minimum absolute atomic E-state index is 0.0253. The first kappa shape index (κ1) is 11.5. The lowest BCUT2D eigenvalue weighted by Gasteiger charge is -2.30. The van der Waals surface area contributed by atoms with Crippen LogP contribution in [0.2, 0.25) is 0 Å². The van der Waals surface area contributed by atoms with Crippen molar-refractivity contribution >= 4 is 0 Å². The highest BCUT2D eigenvalue weighted by Crippen LogP contribution is 2.46. The standard InChI is InChI=1S/C19H16N/c1-3-8-16(9-4-1)19(17-10-5-2-6-11-17)13-15-20-14-7-12-18(19)20/h1-12H,13,15H2. The Labute approximate surface area is 119 Å². The summed E-state index contributed by atoms with van der Waals surface area (Å²) in [6.07, 6.45) is 4.43. The van der Waals surface area contributed by atoms with E-state index in [9.17, 15) is 0 Å². The molecular formula is C19H16N. The zero-order valence-electron chi connectivity index (χ0n) is 11.3. The molecular weight excluding hydrogens is 242 g/mol. The molecule has 2 heterocycles. The van der Waals surface area contributed by atoms with Gasteiger partial charge >= 0.3 is 0 Å². The second-order valence-corrected chi connectivity index (χ2v) is 5.39. The first-order valence-corrected chi connectivity index (χ1v) is 7.10. The van der Waals surface area contributed by atoms with Crippen molar-refractivity contribution in [2.75, 3.05) is 0 Å². The fourth-order valence-electron chi connectivity index (χ4n) is 3.53. The van der Waals surface area contributed by atoms with Gasteiger partial charge in [0.25, 0.3) is 0 Å². The van der Waals surface area contributed by atoms with E-state index in [1.165, 1.54) is 16.8 Å². The zero-order valence-corrected chi connectivity index (χ0v) is 11.3. The van der Waals surface area contributed by atoms with Crippen molar-refractivity contribution in [3.63, 3.8) is 0 Å². The van der Waals surface area contributed by atoms with Crippen LogP contribution in [0.4, 0.5) is 0 Å².